The molecule has 2 aromatic rings. The normalized spacial score (nSPS) is 22.6. The van der Waals surface area contributed by atoms with E-state index in [2.05, 4.69) is 73.5 Å². The Bertz CT molecular complexity index is 489. The molecule has 0 spiro atoms. The molecule has 0 aromatic heterocycles. The molecule has 1 aliphatic rings. The van der Waals surface area contributed by atoms with E-state index in [-0.39, 0.29) is 0 Å². The average Bonchev–Trinajstić information content (AvgIpc) is 2.64. The van der Waals surface area contributed by atoms with Crippen LogP contribution in [0.25, 0.3) is 0 Å². The summed E-state index contributed by atoms with van der Waals surface area (Å²) in [5.41, 5.74) is 4.23. The Morgan fingerprint density at radius 1 is 0.882 bits per heavy atom. The second-order valence-electron chi connectivity index (χ2n) is 4.81. The fourth-order valence-corrected chi connectivity index (χ4v) is 3.01. The molecule has 0 bridgehead atoms. The predicted octanol–water partition coefficient (Wildman–Crippen LogP) is 3.98. The molecule has 0 fully saturated rings. The zero-order valence-corrected chi connectivity index (χ0v) is 10.3. The third-order valence-electron chi connectivity index (χ3n) is 3.84. The Morgan fingerprint density at radius 2 is 1.53 bits per heavy atom. The van der Waals surface area contributed by atoms with Gasteiger partial charge >= 0.3 is 0 Å². The van der Waals surface area contributed by atoms with E-state index < -0.39 is 0 Å². The summed E-state index contributed by atoms with van der Waals surface area (Å²) in [4.78, 5) is 2.40. The number of para-hydroxylation sites is 1. The standard InChI is InChI=1S/C16H17N/c1-12-14-10-6-7-11-15(14)17(2)16(12)13-8-4-3-5-9-13/h3-12,16H,1-2H3. The zero-order chi connectivity index (χ0) is 11.8. The molecule has 3 rings (SSSR count). The van der Waals surface area contributed by atoms with Crippen LogP contribution in [0, 0.1) is 0 Å². The molecule has 1 heteroatoms. The highest BCUT2D eigenvalue weighted by Crippen LogP contribution is 2.47. The molecule has 0 radical (unpaired) electrons. The molecule has 0 saturated carbocycles. The van der Waals surface area contributed by atoms with Crippen LogP contribution in [-0.2, 0) is 0 Å². The fraction of sp³-hybridized carbons (Fsp3) is 0.250. The van der Waals surface area contributed by atoms with Crippen LogP contribution < -0.4 is 4.90 Å². The summed E-state index contributed by atoms with van der Waals surface area (Å²) in [6, 6.07) is 20.0. The number of nitrogens with zero attached hydrogens (tertiary/aromatic N) is 1. The first kappa shape index (κ1) is 10.4. The van der Waals surface area contributed by atoms with E-state index in [1.54, 1.807) is 0 Å². The van der Waals surface area contributed by atoms with Gasteiger partial charge in [-0.3, -0.25) is 0 Å². The van der Waals surface area contributed by atoms with Crippen LogP contribution >= 0.6 is 0 Å². The van der Waals surface area contributed by atoms with Gasteiger partial charge in [-0.15, -0.1) is 0 Å². The van der Waals surface area contributed by atoms with E-state index >= 15 is 0 Å². The highest BCUT2D eigenvalue weighted by atomic mass is 15.2. The monoisotopic (exact) mass is 223 g/mol. The van der Waals surface area contributed by atoms with Crippen molar-refractivity contribution in [3.05, 3.63) is 65.7 Å². The van der Waals surface area contributed by atoms with Gasteiger partial charge < -0.3 is 4.90 Å². The van der Waals surface area contributed by atoms with Gasteiger partial charge in [0.05, 0.1) is 6.04 Å². The Morgan fingerprint density at radius 3 is 2.24 bits per heavy atom. The van der Waals surface area contributed by atoms with Crippen molar-refractivity contribution >= 4 is 5.69 Å². The van der Waals surface area contributed by atoms with Crippen molar-refractivity contribution in [2.75, 3.05) is 11.9 Å². The molecule has 2 unspecified atom stereocenters. The van der Waals surface area contributed by atoms with Gasteiger partial charge in [-0.25, -0.2) is 0 Å². The van der Waals surface area contributed by atoms with E-state index in [4.69, 9.17) is 0 Å². The first-order valence-electron chi connectivity index (χ1n) is 6.16. The van der Waals surface area contributed by atoms with Crippen molar-refractivity contribution in [1.82, 2.24) is 0 Å². The number of likely N-dealkylation sites (N-methyl/N-ethyl adjacent to an activating group) is 1. The van der Waals surface area contributed by atoms with Gasteiger partial charge in [0.1, 0.15) is 0 Å². The molecule has 0 saturated heterocycles. The van der Waals surface area contributed by atoms with Crippen molar-refractivity contribution < 1.29 is 0 Å². The maximum atomic E-state index is 2.40. The van der Waals surface area contributed by atoms with Gasteiger partial charge in [0.2, 0.25) is 0 Å². The van der Waals surface area contributed by atoms with Gasteiger partial charge in [-0.05, 0) is 17.2 Å². The summed E-state index contributed by atoms with van der Waals surface area (Å²) in [6.45, 7) is 2.32. The number of benzene rings is 2. The van der Waals surface area contributed by atoms with E-state index in [9.17, 15) is 0 Å². The van der Waals surface area contributed by atoms with E-state index in [1.807, 2.05) is 0 Å². The van der Waals surface area contributed by atoms with E-state index in [0.29, 0.717) is 12.0 Å². The maximum Gasteiger partial charge on any atom is 0.0605 e. The summed E-state index contributed by atoms with van der Waals surface area (Å²) >= 11 is 0. The number of hydrogen-bond donors (Lipinski definition) is 0. The lowest BCUT2D eigenvalue weighted by Crippen LogP contribution is -2.21. The highest BCUT2D eigenvalue weighted by Gasteiger charge is 2.33. The quantitative estimate of drug-likeness (QED) is 0.706. The van der Waals surface area contributed by atoms with Crippen molar-refractivity contribution in [2.24, 2.45) is 0 Å². The van der Waals surface area contributed by atoms with Crippen LogP contribution in [0.3, 0.4) is 0 Å². The van der Waals surface area contributed by atoms with Crippen molar-refractivity contribution in [2.45, 2.75) is 18.9 Å². The van der Waals surface area contributed by atoms with Crippen LogP contribution in [0.5, 0.6) is 0 Å². The van der Waals surface area contributed by atoms with Gasteiger partial charge in [-0.2, -0.15) is 0 Å². The van der Waals surface area contributed by atoms with Gasteiger partial charge in [0.15, 0.2) is 0 Å². The van der Waals surface area contributed by atoms with E-state index in [0.717, 1.165) is 0 Å². The molecule has 0 amide bonds. The van der Waals surface area contributed by atoms with Gasteiger partial charge in [-0.1, -0.05) is 55.5 Å². The summed E-state index contributed by atoms with van der Waals surface area (Å²) in [6.07, 6.45) is 0. The Hall–Kier alpha value is -1.76. The molecular formula is C16H17N. The lowest BCUT2D eigenvalue weighted by Gasteiger charge is -2.25. The minimum atomic E-state index is 0.466. The summed E-state index contributed by atoms with van der Waals surface area (Å²) in [7, 11) is 2.19. The van der Waals surface area contributed by atoms with Gasteiger partial charge in [0.25, 0.3) is 0 Å². The molecule has 2 aromatic carbocycles. The van der Waals surface area contributed by atoms with Crippen molar-refractivity contribution in [3.63, 3.8) is 0 Å². The molecule has 1 nitrogen and oxygen atoms in total. The molecule has 1 aliphatic heterocycles. The van der Waals surface area contributed by atoms with Crippen LogP contribution in [0.4, 0.5) is 5.69 Å². The highest BCUT2D eigenvalue weighted by molar-refractivity contribution is 5.62. The average molecular weight is 223 g/mol. The smallest absolute Gasteiger partial charge is 0.0605 e. The molecular weight excluding hydrogens is 206 g/mol. The van der Waals surface area contributed by atoms with Gasteiger partial charge in [0, 0.05) is 18.7 Å². The van der Waals surface area contributed by atoms with E-state index in [1.165, 1.54) is 16.8 Å². The Balaban J connectivity index is 2.06. The topological polar surface area (TPSA) is 3.24 Å². The third-order valence-corrected chi connectivity index (χ3v) is 3.84. The van der Waals surface area contributed by atoms with Crippen LogP contribution in [0.1, 0.15) is 30.0 Å². The molecule has 1 heterocycles. The zero-order valence-electron chi connectivity index (χ0n) is 10.3. The molecule has 17 heavy (non-hydrogen) atoms. The fourth-order valence-electron chi connectivity index (χ4n) is 3.01. The number of rotatable bonds is 1. The van der Waals surface area contributed by atoms with Crippen LogP contribution in [-0.4, -0.2) is 7.05 Å². The van der Waals surface area contributed by atoms with Crippen molar-refractivity contribution in [1.29, 1.82) is 0 Å². The first-order valence-corrected chi connectivity index (χ1v) is 6.16. The molecule has 0 N–H and O–H groups in total. The lowest BCUT2D eigenvalue weighted by molar-refractivity contribution is 0.611. The summed E-state index contributed by atoms with van der Waals surface area (Å²) in [5.74, 6) is 0.554. The second-order valence-corrected chi connectivity index (χ2v) is 4.81. The Kier molecular flexibility index (Phi) is 2.40. The second kappa shape index (κ2) is 3.92. The predicted molar refractivity (Wildman–Crippen MR) is 72.4 cm³/mol. The van der Waals surface area contributed by atoms with Crippen molar-refractivity contribution in [3.8, 4) is 0 Å². The number of fused-ring (bicyclic) bond motifs is 1. The minimum Gasteiger partial charge on any atom is -0.367 e. The summed E-state index contributed by atoms with van der Waals surface area (Å²) < 4.78 is 0. The van der Waals surface area contributed by atoms with Crippen LogP contribution in [0.15, 0.2) is 54.6 Å². The lowest BCUT2D eigenvalue weighted by atomic mass is 9.92. The van der Waals surface area contributed by atoms with Crippen LogP contribution in [0.2, 0.25) is 0 Å². The molecule has 86 valence electrons. The molecule has 0 aliphatic carbocycles. The maximum absolute atomic E-state index is 2.40. The SMILES string of the molecule is CC1c2ccccc2N(C)C1c1ccccc1. The molecule has 2 atom stereocenters. The Labute approximate surface area is 103 Å². The summed E-state index contributed by atoms with van der Waals surface area (Å²) in [5, 5.41) is 0. The minimum absolute atomic E-state index is 0.466. The first-order chi connectivity index (χ1) is 8.29. The third kappa shape index (κ3) is 1.54. The number of anilines is 1. The number of hydrogen-bond acceptors (Lipinski definition) is 1. The largest absolute Gasteiger partial charge is 0.367 e.